The van der Waals surface area contributed by atoms with Crippen molar-refractivity contribution >= 4 is 35.0 Å². The van der Waals surface area contributed by atoms with Crippen LogP contribution < -0.4 is 16.0 Å². The van der Waals surface area contributed by atoms with Gasteiger partial charge in [-0.1, -0.05) is 11.6 Å². The van der Waals surface area contributed by atoms with E-state index in [4.69, 9.17) is 11.6 Å². The maximum Gasteiger partial charge on any atom is 0.243 e. The lowest BCUT2D eigenvalue weighted by Gasteiger charge is -2.10. The van der Waals surface area contributed by atoms with Crippen molar-refractivity contribution < 1.29 is 14.4 Å². The molecule has 0 aliphatic heterocycles. The van der Waals surface area contributed by atoms with E-state index in [9.17, 15) is 14.4 Å². The summed E-state index contributed by atoms with van der Waals surface area (Å²) in [6.45, 7) is 0.921. The third kappa shape index (κ3) is 5.10. The first-order chi connectivity index (χ1) is 11.5. The maximum absolute atomic E-state index is 11.8. The molecule has 1 aromatic heterocycles. The van der Waals surface area contributed by atoms with Gasteiger partial charge in [0.25, 0.3) is 0 Å². The van der Waals surface area contributed by atoms with Gasteiger partial charge < -0.3 is 20.5 Å². The minimum atomic E-state index is -0.450. The van der Waals surface area contributed by atoms with Crippen molar-refractivity contribution in [1.82, 2.24) is 20.2 Å². The molecule has 0 saturated heterocycles. The van der Waals surface area contributed by atoms with Crippen LogP contribution in [0.3, 0.4) is 0 Å². The molecule has 0 bridgehead atoms. The number of aromatic nitrogens is 2. The van der Waals surface area contributed by atoms with Crippen molar-refractivity contribution in [2.45, 2.75) is 6.92 Å². The molecular weight excluding hydrogens is 334 g/mol. The molecule has 2 rings (SSSR count). The predicted octanol–water partition coefficient (Wildman–Crippen LogP) is 0.717. The number of carbonyl (C=O) groups excluding carboxylic acids is 3. The number of halogens is 1. The zero-order valence-electron chi connectivity index (χ0n) is 12.9. The standard InChI is InChI=1S/C15H16ClN5O3/c1-10(22)18-7-14(23)19-8-15(24)20-11-2-3-13(12(16)6-11)21-5-4-17-9-21/h2-6,9H,7-8H2,1H3,(H,18,22)(H,19,23)(H,20,24). The number of anilines is 1. The minimum Gasteiger partial charge on any atom is -0.347 e. The average molecular weight is 350 g/mol. The van der Waals surface area contributed by atoms with Crippen molar-refractivity contribution in [3.05, 3.63) is 41.9 Å². The fraction of sp³-hybridized carbons (Fsp3) is 0.200. The summed E-state index contributed by atoms with van der Waals surface area (Å²) in [7, 11) is 0. The summed E-state index contributed by atoms with van der Waals surface area (Å²) in [4.78, 5) is 37.8. The molecular formula is C15H16ClN5O3. The number of amides is 3. The van der Waals surface area contributed by atoms with Crippen LogP contribution >= 0.6 is 11.6 Å². The van der Waals surface area contributed by atoms with Crippen LogP contribution in [0.2, 0.25) is 5.02 Å². The molecule has 0 saturated carbocycles. The number of benzene rings is 1. The van der Waals surface area contributed by atoms with Gasteiger partial charge in [-0.25, -0.2) is 4.98 Å². The highest BCUT2D eigenvalue weighted by atomic mass is 35.5. The highest BCUT2D eigenvalue weighted by Gasteiger charge is 2.08. The Kier molecular flexibility index (Phi) is 5.91. The zero-order chi connectivity index (χ0) is 17.5. The minimum absolute atomic E-state index is 0.173. The van der Waals surface area contributed by atoms with E-state index in [1.807, 2.05) is 0 Å². The van der Waals surface area contributed by atoms with Gasteiger partial charge in [-0.15, -0.1) is 0 Å². The SMILES string of the molecule is CC(=O)NCC(=O)NCC(=O)Nc1ccc(-n2ccnc2)c(Cl)c1. The van der Waals surface area contributed by atoms with Gasteiger partial charge >= 0.3 is 0 Å². The molecule has 0 aliphatic rings. The van der Waals surface area contributed by atoms with Crippen molar-refractivity contribution in [3.63, 3.8) is 0 Å². The van der Waals surface area contributed by atoms with Crippen LogP contribution in [0.1, 0.15) is 6.92 Å². The first-order valence-corrected chi connectivity index (χ1v) is 7.42. The zero-order valence-corrected chi connectivity index (χ0v) is 13.6. The number of hydrogen-bond acceptors (Lipinski definition) is 4. The molecule has 3 N–H and O–H groups in total. The Morgan fingerprint density at radius 1 is 1.17 bits per heavy atom. The van der Waals surface area contributed by atoms with Crippen LogP contribution in [0.15, 0.2) is 36.9 Å². The molecule has 0 atom stereocenters. The summed E-state index contributed by atoms with van der Waals surface area (Å²) in [5.74, 6) is -1.17. The monoisotopic (exact) mass is 349 g/mol. The van der Waals surface area contributed by atoms with Gasteiger partial charge in [0.15, 0.2) is 0 Å². The summed E-state index contributed by atoms with van der Waals surface area (Å²) >= 11 is 6.19. The Morgan fingerprint density at radius 3 is 2.54 bits per heavy atom. The Balaban J connectivity index is 1.87. The summed E-state index contributed by atoms with van der Waals surface area (Å²) in [6, 6.07) is 5.04. The second kappa shape index (κ2) is 8.11. The number of rotatable bonds is 6. The normalized spacial score (nSPS) is 10.1. The average Bonchev–Trinajstić information content (AvgIpc) is 3.05. The molecule has 0 unspecified atom stereocenters. The largest absolute Gasteiger partial charge is 0.347 e. The molecule has 126 valence electrons. The molecule has 0 fully saturated rings. The highest BCUT2D eigenvalue weighted by molar-refractivity contribution is 6.32. The van der Waals surface area contributed by atoms with Crippen molar-refractivity contribution in [1.29, 1.82) is 0 Å². The predicted molar refractivity (Wildman–Crippen MR) is 88.9 cm³/mol. The lowest BCUT2D eigenvalue weighted by Crippen LogP contribution is -2.39. The number of carbonyl (C=O) groups is 3. The quantitative estimate of drug-likeness (QED) is 0.714. The van der Waals surface area contributed by atoms with Crippen LogP contribution in [0, 0.1) is 0 Å². The van der Waals surface area contributed by atoms with E-state index in [2.05, 4.69) is 20.9 Å². The molecule has 1 aromatic carbocycles. The fourth-order valence-electron chi connectivity index (χ4n) is 1.85. The maximum atomic E-state index is 11.8. The van der Waals surface area contributed by atoms with Crippen LogP contribution in [0.5, 0.6) is 0 Å². The molecule has 0 spiro atoms. The lowest BCUT2D eigenvalue weighted by atomic mass is 10.2. The summed E-state index contributed by atoms with van der Waals surface area (Å²) < 4.78 is 1.75. The first kappa shape index (κ1) is 17.5. The van der Waals surface area contributed by atoms with Gasteiger partial charge in [0.2, 0.25) is 17.7 Å². The van der Waals surface area contributed by atoms with E-state index in [0.29, 0.717) is 10.7 Å². The fourth-order valence-corrected chi connectivity index (χ4v) is 2.13. The number of hydrogen-bond donors (Lipinski definition) is 3. The van der Waals surface area contributed by atoms with E-state index in [1.165, 1.54) is 6.92 Å². The number of imidazole rings is 1. The topological polar surface area (TPSA) is 105 Å². The van der Waals surface area contributed by atoms with Crippen LogP contribution in [0.4, 0.5) is 5.69 Å². The molecule has 24 heavy (non-hydrogen) atoms. The Labute approximate surface area is 143 Å². The Morgan fingerprint density at radius 2 is 1.92 bits per heavy atom. The van der Waals surface area contributed by atoms with E-state index in [0.717, 1.165) is 5.69 Å². The third-order valence-corrected chi connectivity index (χ3v) is 3.26. The van der Waals surface area contributed by atoms with Crippen molar-refractivity contribution in [2.75, 3.05) is 18.4 Å². The molecule has 1 heterocycles. The third-order valence-electron chi connectivity index (χ3n) is 2.96. The van der Waals surface area contributed by atoms with E-state index < -0.39 is 11.8 Å². The molecule has 8 nitrogen and oxygen atoms in total. The molecule has 9 heteroatoms. The van der Waals surface area contributed by atoms with Crippen LogP contribution in [-0.4, -0.2) is 40.4 Å². The van der Waals surface area contributed by atoms with Gasteiger partial charge in [-0.3, -0.25) is 14.4 Å². The lowest BCUT2D eigenvalue weighted by molar-refractivity contribution is -0.126. The Hall–Kier alpha value is -2.87. The second-order valence-electron chi connectivity index (χ2n) is 4.87. The summed E-state index contributed by atoms with van der Waals surface area (Å²) in [6.07, 6.45) is 5.00. The molecule has 2 aromatic rings. The Bertz CT molecular complexity index is 746. The van der Waals surface area contributed by atoms with Gasteiger partial charge in [0.1, 0.15) is 0 Å². The van der Waals surface area contributed by atoms with E-state index >= 15 is 0 Å². The van der Waals surface area contributed by atoms with Crippen molar-refractivity contribution in [3.8, 4) is 5.69 Å². The van der Waals surface area contributed by atoms with Gasteiger partial charge in [0, 0.05) is 25.0 Å². The van der Waals surface area contributed by atoms with Crippen LogP contribution in [-0.2, 0) is 14.4 Å². The summed E-state index contributed by atoms with van der Waals surface area (Å²) in [5, 5.41) is 7.80. The molecule has 0 radical (unpaired) electrons. The highest BCUT2D eigenvalue weighted by Crippen LogP contribution is 2.24. The molecule has 3 amide bonds. The molecule has 0 aliphatic carbocycles. The summed E-state index contributed by atoms with van der Waals surface area (Å²) in [5.41, 5.74) is 1.24. The first-order valence-electron chi connectivity index (χ1n) is 7.04. The van der Waals surface area contributed by atoms with Crippen LogP contribution in [0.25, 0.3) is 5.69 Å². The van der Waals surface area contributed by atoms with E-state index in [1.54, 1.807) is 41.5 Å². The number of nitrogens with zero attached hydrogens (tertiary/aromatic N) is 2. The second-order valence-corrected chi connectivity index (χ2v) is 5.28. The smallest absolute Gasteiger partial charge is 0.243 e. The van der Waals surface area contributed by atoms with Gasteiger partial charge in [-0.05, 0) is 18.2 Å². The number of nitrogens with one attached hydrogen (secondary N) is 3. The van der Waals surface area contributed by atoms with Gasteiger partial charge in [-0.2, -0.15) is 0 Å². The van der Waals surface area contributed by atoms with Crippen molar-refractivity contribution in [2.24, 2.45) is 0 Å². The van der Waals surface area contributed by atoms with Gasteiger partial charge in [0.05, 0.1) is 30.1 Å². The van der Waals surface area contributed by atoms with E-state index in [-0.39, 0.29) is 19.0 Å².